The van der Waals surface area contributed by atoms with Crippen molar-refractivity contribution in [1.82, 2.24) is 19.9 Å². The Morgan fingerprint density at radius 3 is 2.72 bits per heavy atom. The minimum atomic E-state index is -0.672. The first-order chi connectivity index (χ1) is 14.0. The van der Waals surface area contributed by atoms with Crippen molar-refractivity contribution in [3.8, 4) is 11.6 Å². The summed E-state index contributed by atoms with van der Waals surface area (Å²) < 4.78 is 1.14. The second kappa shape index (κ2) is 6.49. The minimum Gasteiger partial charge on any atom is -0.494 e. The van der Waals surface area contributed by atoms with E-state index in [1.54, 1.807) is 18.2 Å². The van der Waals surface area contributed by atoms with E-state index in [0.29, 0.717) is 12.2 Å². The lowest BCUT2D eigenvalue weighted by atomic mass is 9.95. The van der Waals surface area contributed by atoms with Gasteiger partial charge < -0.3 is 15.4 Å². The third-order valence-corrected chi connectivity index (χ3v) is 5.53. The van der Waals surface area contributed by atoms with Gasteiger partial charge in [-0.3, -0.25) is 9.78 Å². The van der Waals surface area contributed by atoms with Crippen molar-refractivity contribution in [3.05, 3.63) is 91.8 Å². The number of nitrogens with zero attached hydrogens (tertiary/aromatic N) is 1. The van der Waals surface area contributed by atoms with E-state index < -0.39 is 17.3 Å². The van der Waals surface area contributed by atoms with Crippen LogP contribution in [0.1, 0.15) is 28.4 Å². The van der Waals surface area contributed by atoms with Crippen molar-refractivity contribution < 1.29 is 5.11 Å². The van der Waals surface area contributed by atoms with Gasteiger partial charge in [0.25, 0.3) is 5.56 Å². The first-order valence-electron chi connectivity index (χ1n) is 9.52. The van der Waals surface area contributed by atoms with Crippen molar-refractivity contribution in [2.24, 2.45) is 0 Å². The summed E-state index contributed by atoms with van der Waals surface area (Å²) in [5.74, 6) is -0.353. The molecule has 7 nitrogen and oxygen atoms in total. The van der Waals surface area contributed by atoms with E-state index in [9.17, 15) is 14.7 Å². The van der Waals surface area contributed by atoms with E-state index >= 15 is 0 Å². The summed E-state index contributed by atoms with van der Waals surface area (Å²) in [6, 6.07) is 14.6. The van der Waals surface area contributed by atoms with Gasteiger partial charge in [-0.15, -0.1) is 0 Å². The van der Waals surface area contributed by atoms with Crippen LogP contribution in [0.4, 0.5) is 0 Å². The fourth-order valence-corrected chi connectivity index (χ4v) is 4.23. The molecule has 1 atom stereocenters. The summed E-state index contributed by atoms with van der Waals surface area (Å²) >= 11 is 0. The quantitative estimate of drug-likeness (QED) is 0.423. The van der Waals surface area contributed by atoms with Crippen LogP contribution in [0.3, 0.4) is 0 Å². The van der Waals surface area contributed by atoms with E-state index in [2.05, 4.69) is 15.3 Å². The van der Waals surface area contributed by atoms with Crippen LogP contribution in [-0.2, 0) is 6.42 Å². The molecule has 0 saturated heterocycles. The standard InChI is InChI=1S/C22H20N4O3/c1-12-5-4-6-13(11-12)26-21(28)17(20(27)25-22(26)29)19-18-15(9-10-23-19)14-7-2-3-8-16(14)24-18/h2-8,11,19,23-24,28H,9-10H2,1H3,(H,25,27,29)/t19-/m1/s1. The highest BCUT2D eigenvalue weighted by Gasteiger charge is 2.31. The Balaban J connectivity index is 1.75. The van der Waals surface area contributed by atoms with Crippen LogP contribution in [0.2, 0.25) is 0 Å². The Labute approximate surface area is 165 Å². The number of rotatable bonds is 2. The summed E-state index contributed by atoms with van der Waals surface area (Å²) in [7, 11) is 0. The van der Waals surface area contributed by atoms with Crippen LogP contribution in [0, 0.1) is 6.92 Å². The van der Waals surface area contributed by atoms with Gasteiger partial charge in [0.05, 0.1) is 11.7 Å². The number of aryl methyl sites for hydroxylation is 1. The van der Waals surface area contributed by atoms with Gasteiger partial charge in [0, 0.05) is 23.1 Å². The molecular weight excluding hydrogens is 368 g/mol. The molecule has 0 saturated carbocycles. The number of nitrogens with one attached hydrogen (secondary N) is 3. The third kappa shape index (κ3) is 2.70. The molecule has 0 radical (unpaired) electrons. The first-order valence-corrected chi connectivity index (χ1v) is 9.52. The molecule has 5 rings (SSSR count). The number of hydrogen-bond acceptors (Lipinski definition) is 4. The third-order valence-electron chi connectivity index (χ3n) is 5.53. The molecule has 2 aromatic carbocycles. The second-order valence-corrected chi connectivity index (χ2v) is 7.37. The van der Waals surface area contributed by atoms with Crippen molar-refractivity contribution in [3.63, 3.8) is 0 Å². The molecule has 0 spiro atoms. The average molecular weight is 388 g/mol. The van der Waals surface area contributed by atoms with Crippen molar-refractivity contribution in [2.75, 3.05) is 6.54 Å². The Morgan fingerprint density at radius 2 is 1.90 bits per heavy atom. The fourth-order valence-electron chi connectivity index (χ4n) is 4.23. The molecule has 4 aromatic rings. The Kier molecular flexibility index (Phi) is 3.92. The van der Waals surface area contributed by atoms with Crippen LogP contribution in [0.15, 0.2) is 58.1 Å². The zero-order valence-corrected chi connectivity index (χ0v) is 15.8. The van der Waals surface area contributed by atoms with E-state index in [1.807, 2.05) is 37.3 Å². The minimum absolute atomic E-state index is 0.124. The Hall–Kier alpha value is -3.58. The van der Waals surface area contributed by atoms with Gasteiger partial charge in [0.1, 0.15) is 5.56 Å². The van der Waals surface area contributed by atoms with Gasteiger partial charge in [-0.1, -0.05) is 30.3 Å². The van der Waals surface area contributed by atoms with Crippen molar-refractivity contribution in [1.29, 1.82) is 0 Å². The van der Waals surface area contributed by atoms with Gasteiger partial charge in [-0.2, -0.15) is 0 Å². The molecule has 0 fully saturated rings. The first kappa shape index (κ1) is 17.5. The van der Waals surface area contributed by atoms with Crippen LogP contribution in [0.25, 0.3) is 16.6 Å². The van der Waals surface area contributed by atoms with Gasteiger partial charge in [0.2, 0.25) is 5.88 Å². The number of aromatic nitrogens is 3. The smallest absolute Gasteiger partial charge is 0.335 e. The van der Waals surface area contributed by atoms with Crippen molar-refractivity contribution in [2.45, 2.75) is 19.4 Å². The highest BCUT2D eigenvalue weighted by atomic mass is 16.3. The predicted octanol–water partition coefficient (Wildman–Crippen LogP) is 2.26. The zero-order chi connectivity index (χ0) is 20.1. The van der Waals surface area contributed by atoms with E-state index in [0.717, 1.165) is 38.7 Å². The monoisotopic (exact) mass is 388 g/mol. The molecule has 7 heteroatoms. The highest BCUT2D eigenvalue weighted by molar-refractivity contribution is 5.85. The Bertz CT molecular complexity index is 1360. The zero-order valence-electron chi connectivity index (χ0n) is 15.8. The molecule has 2 aromatic heterocycles. The second-order valence-electron chi connectivity index (χ2n) is 7.37. The maximum atomic E-state index is 12.8. The molecule has 0 aliphatic carbocycles. The number of para-hydroxylation sites is 1. The lowest BCUT2D eigenvalue weighted by Gasteiger charge is -2.25. The van der Waals surface area contributed by atoms with E-state index in [4.69, 9.17) is 0 Å². The van der Waals surface area contributed by atoms with Crippen molar-refractivity contribution >= 4 is 10.9 Å². The maximum absolute atomic E-state index is 12.8. The van der Waals surface area contributed by atoms with Crippen LogP contribution < -0.4 is 16.6 Å². The maximum Gasteiger partial charge on any atom is 0.335 e. The summed E-state index contributed by atoms with van der Waals surface area (Å²) in [5.41, 5.74) is 3.24. The lowest BCUT2D eigenvalue weighted by Crippen LogP contribution is -2.38. The number of H-pyrrole nitrogens is 2. The number of hydrogen-bond donors (Lipinski definition) is 4. The summed E-state index contributed by atoms with van der Waals surface area (Å²) in [6.07, 6.45) is 0.812. The lowest BCUT2D eigenvalue weighted by molar-refractivity contribution is 0.409. The topological polar surface area (TPSA) is 103 Å². The van der Waals surface area contributed by atoms with E-state index in [1.165, 1.54) is 0 Å². The van der Waals surface area contributed by atoms with Gasteiger partial charge >= 0.3 is 5.69 Å². The molecule has 0 bridgehead atoms. The number of fused-ring (bicyclic) bond motifs is 3. The highest BCUT2D eigenvalue weighted by Crippen LogP contribution is 2.35. The average Bonchev–Trinajstić information content (AvgIpc) is 3.07. The normalized spacial score (nSPS) is 16.1. The van der Waals surface area contributed by atoms with E-state index in [-0.39, 0.29) is 11.4 Å². The van der Waals surface area contributed by atoms with Gasteiger partial charge in [0.15, 0.2) is 0 Å². The van der Waals surface area contributed by atoms with Crippen LogP contribution >= 0.6 is 0 Å². The molecule has 0 unspecified atom stereocenters. The number of benzene rings is 2. The molecular formula is C22H20N4O3. The molecule has 4 N–H and O–H groups in total. The summed E-state index contributed by atoms with van der Waals surface area (Å²) in [5, 5.41) is 15.5. The summed E-state index contributed by atoms with van der Waals surface area (Å²) in [4.78, 5) is 31.0. The largest absolute Gasteiger partial charge is 0.494 e. The fraction of sp³-hybridized carbons (Fsp3) is 0.182. The van der Waals surface area contributed by atoms with Gasteiger partial charge in [-0.25, -0.2) is 9.36 Å². The molecule has 0 amide bonds. The van der Waals surface area contributed by atoms with Crippen LogP contribution in [-0.4, -0.2) is 26.2 Å². The molecule has 3 heterocycles. The number of aromatic hydroxyl groups is 1. The molecule has 1 aliphatic rings. The molecule has 146 valence electrons. The van der Waals surface area contributed by atoms with Crippen LogP contribution in [0.5, 0.6) is 5.88 Å². The molecule has 29 heavy (non-hydrogen) atoms. The SMILES string of the molecule is Cc1cccc(-n2c(O)c([C@H]3NCCc4c3[nH]c3ccccc43)c(=O)[nH]c2=O)c1. The van der Waals surface area contributed by atoms with Gasteiger partial charge in [-0.05, 0) is 42.7 Å². The predicted molar refractivity (Wildman–Crippen MR) is 111 cm³/mol. The molecule has 1 aliphatic heterocycles. The Morgan fingerprint density at radius 1 is 1.07 bits per heavy atom. The summed E-state index contributed by atoms with van der Waals surface area (Å²) in [6.45, 7) is 2.56. The number of aromatic amines is 2.